The first kappa shape index (κ1) is 17.3. The van der Waals surface area contributed by atoms with E-state index >= 15 is 0 Å². The molecule has 8 heteroatoms. The lowest BCUT2D eigenvalue weighted by Crippen LogP contribution is -2.12. The molecule has 0 saturated heterocycles. The highest BCUT2D eigenvalue weighted by molar-refractivity contribution is 6.04. The number of carbonyl (C=O) groups excluding carboxylic acids is 1. The number of hydrogen-bond acceptors (Lipinski definition) is 7. The van der Waals surface area contributed by atoms with Crippen molar-refractivity contribution in [3.05, 3.63) is 53.9 Å². The Morgan fingerprint density at radius 1 is 1.04 bits per heavy atom. The summed E-state index contributed by atoms with van der Waals surface area (Å²) in [5, 5.41) is 9.62. The Labute approximate surface area is 150 Å². The van der Waals surface area contributed by atoms with E-state index in [9.17, 15) is 4.79 Å². The van der Waals surface area contributed by atoms with Crippen LogP contribution in [0.1, 0.15) is 16.1 Å². The SMILES string of the molecule is COc1cc(OC)cc(C(=O)Nc2ccc(Nc3cc(C)on3)nc2)c1. The second-order valence-corrected chi connectivity index (χ2v) is 5.44. The molecule has 3 aromatic rings. The van der Waals surface area contributed by atoms with E-state index in [1.54, 1.807) is 49.5 Å². The summed E-state index contributed by atoms with van der Waals surface area (Å²) in [5.74, 6) is 2.63. The fraction of sp³-hybridized carbons (Fsp3) is 0.167. The second-order valence-electron chi connectivity index (χ2n) is 5.44. The maximum atomic E-state index is 12.4. The molecule has 0 fully saturated rings. The third kappa shape index (κ3) is 4.10. The third-order valence-corrected chi connectivity index (χ3v) is 3.52. The number of rotatable bonds is 6. The number of methoxy groups -OCH3 is 2. The molecule has 2 aromatic heterocycles. The van der Waals surface area contributed by atoms with Crippen molar-refractivity contribution in [2.75, 3.05) is 24.9 Å². The summed E-state index contributed by atoms with van der Waals surface area (Å²) < 4.78 is 15.3. The number of anilines is 3. The summed E-state index contributed by atoms with van der Waals surface area (Å²) in [6, 6.07) is 10.2. The second kappa shape index (κ2) is 7.56. The largest absolute Gasteiger partial charge is 0.497 e. The van der Waals surface area contributed by atoms with Gasteiger partial charge in [0.15, 0.2) is 5.82 Å². The molecule has 2 heterocycles. The zero-order valence-electron chi connectivity index (χ0n) is 14.6. The number of carbonyl (C=O) groups is 1. The molecule has 26 heavy (non-hydrogen) atoms. The minimum atomic E-state index is -0.295. The summed E-state index contributed by atoms with van der Waals surface area (Å²) in [5.41, 5.74) is 0.972. The average molecular weight is 354 g/mol. The van der Waals surface area contributed by atoms with Crippen molar-refractivity contribution in [3.63, 3.8) is 0 Å². The zero-order valence-corrected chi connectivity index (χ0v) is 14.6. The Balaban J connectivity index is 1.69. The van der Waals surface area contributed by atoms with Crippen molar-refractivity contribution in [1.82, 2.24) is 10.1 Å². The van der Waals surface area contributed by atoms with Crippen LogP contribution in [0.15, 0.2) is 47.1 Å². The summed E-state index contributed by atoms with van der Waals surface area (Å²) in [4.78, 5) is 16.7. The number of hydrogen-bond donors (Lipinski definition) is 2. The highest BCUT2D eigenvalue weighted by Gasteiger charge is 2.11. The highest BCUT2D eigenvalue weighted by Crippen LogP contribution is 2.23. The Bertz CT molecular complexity index is 884. The minimum Gasteiger partial charge on any atom is -0.497 e. The Morgan fingerprint density at radius 2 is 1.77 bits per heavy atom. The normalized spacial score (nSPS) is 10.3. The van der Waals surface area contributed by atoms with Crippen LogP contribution in [-0.2, 0) is 0 Å². The summed E-state index contributed by atoms with van der Waals surface area (Å²) in [7, 11) is 3.06. The monoisotopic (exact) mass is 354 g/mol. The van der Waals surface area contributed by atoms with E-state index in [2.05, 4.69) is 20.8 Å². The van der Waals surface area contributed by atoms with E-state index in [0.717, 1.165) is 0 Å². The van der Waals surface area contributed by atoms with Gasteiger partial charge in [-0.3, -0.25) is 4.79 Å². The van der Waals surface area contributed by atoms with Gasteiger partial charge in [0, 0.05) is 17.7 Å². The predicted molar refractivity (Wildman–Crippen MR) is 96.3 cm³/mol. The molecule has 0 radical (unpaired) electrons. The molecule has 0 aliphatic carbocycles. The van der Waals surface area contributed by atoms with Crippen LogP contribution in [0.3, 0.4) is 0 Å². The van der Waals surface area contributed by atoms with Gasteiger partial charge < -0.3 is 24.6 Å². The maximum Gasteiger partial charge on any atom is 0.255 e. The number of pyridine rings is 1. The molecule has 3 rings (SSSR count). The molecule has 0 saturated carbocycles. The van der Waals surface area contributed by atoms with Crippen molar-refractivity contribution < 1.29 is 18.8 Å². The van der Waals surface area contributed by atoms with Crippen molar-refractivity contribution in [3.8, 4) is 11.5 Å². The van der Waals surface area contributed by atoms with E-state index in [0.29, 0.717) is 40.1 Å². The molecular formula is C18H18N4O4. The van der Waals surface area contributed by atoms with E-state index in [1.807, 2.05) is 0 Å². The predicted octanol–water partition coefficient (Wildman–Crippen LogP) is 3.39. The van der Waals surface area contributed by atoms with Gasteiger partial charge in [-0.2, -0.15) is 0 Å². The first-order valence-corrected chi connectivity index (χ1v) is 7.78. The van der Waals surface area contributed by atoms with Crippen molar-refractivity contribution >= 4 is 23.2 Å². The fourth-order valence-electron chi connectivity index (χ4n) is 2.24. The quantitative estimate of drug-likeness (QED) is 0.700. The van der Waals surface area contributed by atoms with Gasteiger partial charge >= 0.3 is 0 Å². The highest BCUT2D eigenvalue weighted by atomic mass is 16.5. The molecule has 0 spiro atoms. The number of nitrogens with zero attached hydrogens (tertiary/aromatic N) is 2. The standard InChI is InChI=1S/C18H18N4O4/c1-11-6-17(22-26-11)21-16-5-4-13(10-19-16)20-18(23)12-7-14(24-2)9-15(8-12)25-3/h4-10H,1-3H3,(H,20,23)(H,19,21,22). The van der Waals surface area contributed by atoms with Crippen molar-refractivity contribution in [1.29, 1.82) is 0 Å². The molecule has 0 aliphatic rings. The number of aryl methyl sites for hydroxylation is 1. The number of amides is 1. The third-order valence-electron chi connectivity index (χ3n) is 3.52. The number of ether oxygens (including phenoxy) is 2. The average Bonchev–Trinajstić information content (AvgIpc) is 3.07. The molecule has 1 aromatic carbocycles. The molecule has 0 atom stereocenters. The van der Waals surface area contributed by atoms with Gasteiger partial charge in [0.1, 0.15) is 23.1 Å². The van der Waals surface area contributed by atoms with Crippen LogP contribution in [0.25, 0.3) is 0 Å². The minimum absolute atomic E-state index is 0.295. The molecule has 0 bridgehead atoms. The number of benzene rings is 1. The van der Waals surface area contributed by atoms with Gasteiger partial charge in [-0.15, -0.1) is 0 Å². The lowest BCUT2D eigenvalue weighted by Gasteiger charge is -2.09. The molecule has 134 valence electrons. The molecule has 0 unspecified atom stereocenters. The van der Waals surface area contributed by atoms with E-state index in [1.165, 1.54) is 14.2 Å². The lowest BCUT2D eigenvalue weighted by atomic mass is 10.2. The molecular weight excluding hydrogens is 336 g/mol. The maximum absolute atomic E-state index is 12.4. The van der Waals surface area contributed by atoms with Crippen molar-refractivity contribution in [2.24, 2.45) is 0 Å². The number of aromatic nitrogens is 2. The van der Waals surface area contributed by atoms with Crippen LogP contribution >= 0.6 is 0 Å². The first-order valence-electron chi connectivity index (χ1n) is 7.78. The molecule has 0 aliphatic heterocycles. The van der Waals surface area contributed by atoms with Gasteiger partial charge in [0.05, 0.1) is 26.1 Å². The van der Waals surface area contributed by atoms with Crippen LogP contribution in [0.4, 0.5) is 17.3 Å². The fourth-order valence-corrected chi connectivity index (χ4v) is 2.24. The van der Waals surface area contributed by atoms with Crippen molar-refractivity contribution in [2.45, 2.75) is 6.92 Å². The van der Waals surface area contributed by atoms with Gasteiger partial charge in [0.2, 0.25) is 0 Å². The van der Waals surface area contributed by atoms with Gasteiger partial charge in [-0.25, -0.2) is 4.98 Å². The summed E-state index contributed by atoms with van der Waals surface area (Å²) >= 11 is 0. The zero-order chi connectivity index (χ0) is 18.5. The smallest absolute Gasteiger partial charge is 0.255 e. The van der Waals surface area contributed by atoms with E-state index in [-0.39, 0.29) is 5.91 Å². The lowest BCUT2D eigenvalue weighted by molar-refractivity contribution is 0.102. The van der Waals surface area contributed by atoms with E-state index in [4.69, 9.17) is 14.0 Å². The Hall–Kier alpha value is -3.55. The summed E-state index contributed by atoms with van der Waals surface area (Å²) in [6.45, 7) is 1.80. The van der Waals surface area contributed by atoms with Crippen LogP contribution in [-0.4, -0.2) is 30.3 Å². The summed E-state index contributed by atoms with van der Waals surface area (Å²) in [6.07, 6.45) is 1.55. The molecule has 2 N–H and O–H groups in total. The van der Waals surface area contributed by atoms with Gasteiger partial charge in [-0.1, -0.05) is 5.16 Å². The Kier molecular flexibility index (Phi) is 5.02. The van der Waals surface area contributed by atoms with Gasteiger partial charge in [-0.05, 0) is 31.2 Å². The Morgan fingerprint density at radius 3 is 2.31 bits per heavy atom. The van der Waals surface area contributed by atoms with Gasteiger partial charge in [0.25, 0.3) is 5.91 Å². The van der Waals surface area contributed by atoms with Crippen LogP contribution in [0.5, 0.6) is 11.5 Å². The van der Waals surface area contributed by atoms with E-state index < -0.39 is 0 Å². The molecule has 8 nitrogen and oxygen atoms in total. The van der Waals surface area contributed by atoms with Crippen LogP contribution < -0.4 is 20.1 Å². The topological polar surface area (TPSA) is 98.5 Å². The van der Waals surface area contributed by atoms with Crippen LogP contribution in [0.2, 0.25) is 0 Å². The number of nitrogens with one attached hydrogen (secondary N) is 2. The molecule has 1 amide bonds. The van der Waals surface area contributed by atoms with Crippen LogP contribution in [0, 0.1) is 6.92 Å². The first-order chi connectivity index (χ1) is 12.6.